The van der Waals surface area contributed by atoms with Crippen LogP contribution in [-0.2, 0) is 10.0 Å². The first-order valence-electron chi connectivity index (χ1n) is 6.87. The van der Waals surface area contributed by atoms with Crippen LogP contribution in [0.2, 0.25) is 0 Å². The van der Waals surface area contributed by atoms with Gasteiger partial charge in [-0.25, -0.2) is 12.8 Å². The molecule has 7 heteroatoms. The van der Waals surface area contributed by atoms with Crippen molar-refractivity contribution in [2.24, 2.45) is 5.92 Å². The zero-order valence-electron chi connectivity index (χ0n) is 12.3. The van der Waals surface area contributed by atoms with Crippen molar-refractivity contribution in [1.82, 2.24) is 9.21 Å². The fourth-order valence-electron chi connectivity index (χ4n) is 2.45. The average molecular weight is 337 g/mol. The van der Waals surface area contributed by atoms with E-state index in [0.29, 0.717) is 19.0 Å². The van der Waals surface area contributed by atoms with E-state index < -0.39 is 15.8 Å². The number of benzene rings is 1. The molecule has 1 aromatic rings. The van der Waals surface area contributed by atoms with E-state index in [1.165, 1.54) is 22.5 Å². The van der Waals surface area contributed by atoms with Gasteiger partial charge in [-0.05, 0) is 24.1 Å². The van der Waals surface area contributed by atoms with E-state index in [0.717, 1.165) is 25.7 Å². The van der Waals surface area contributed by atoms with E-state index >= 15 is 0 Å². The molecule has 1 aliphatic heterocycles. The van der Waals surface area contributed by atoms with Crippen molar-refractivity contribution < 1.29 is 12.8 Å². The number of nitrogens with zero attached hydrogens (tertiary/aromatic N) is 2. The Labute approximate surface area is 132 Å². The molecular formula is C14H22ClFN2O2S. The second-order valence-electron chi connectivity index (χ2n) is 5.56. The number of piperazine rings is 1. The maximum atomic E-state index is 13.2. The Hall–Kier alpha value is -0.690. The van der Waals surface area contributed by atoms with Gasteiger partial charge in [0.05, 0.1) is 4.90 Å². The summed E-state index contributed by atoms with van der Waals surface area (Å²) in [7, 11) is -3.57. The van der Waals surface area contributed by atoms with E-state index in [1.54, 1.807) is 0 Å². The van der Waals surface area contributed by atoms with Crippen LogP contribution in [0.25, 0.3) is 0 Å². The molecule has 2 rings (SSSR count). The van der Waals surface area contributed by atoms with Crippen molar-refractivity contribution in [3.05, 3.63) is 30.1 Å². The molecule has 0 radical (unpaired) electrons. The van der Waals surface area contributed by atoms with Crippen molar-refractivity contribution in [3.63, 3.8) is 0 Å². The molecule has 1 fully saturated rings. The molecule has 0 amide bonds. The Morgan fingerprint density at radius 1 is 1.19 bits per heavy atom. The lowest BCUT2D eigenvalue weighted by Crippen LogP contribution is -2.49. The van der Waals surface area contributed by atoms with Crippen molar-refractivity contribution in [3.8, 4) is 0 Å². The molecule has 0 aromatic heterocycles. The van der Waals surface area contributed by atoms with Gasteiger partial charge in [0, 0.05) is 32.7 Å². The second-order valence-corrected chi connectivity index (χ2v) is 7.49. The summed E-state index contributed by atoms with van der Waals surface area (Å²) in [6.45, 7) is 7.66. The van der Waals surface area contributed by atoms with Crippen molar-refractivity contribution >= 4 is 22.4 Å². The number of halogens is 2. The fourth-order valence-corrected chi connectivity index (χ4v) is 3.90. The van der Waals surface area contributed by atoms with Gasteiger partial charge in [0.25, 0.3) is 0 Å². The lowest BCUT2D eigenvalue weighted by Gasteiger charge is -2.34. The van der Waals surface area contributed by atoms with Crippen LogP contribution in [0.3, 0.4) is 0 Å². The molecule has 0 aliphatic carbocycles. The van der Waals surface area contributed by atoms with Gasteiger partial charge in [0.2, 0.25) is 10.0 Å². The highest BCUT2D eigenvalue weighted by Gasteiger charge is 2.28. The molecule has 1 aliphatic rings. The lowest BCUT2D eigenvalue weighted by atomic mass is 10.2. The minimum absolute atomic E-state index is 0. The molecule has 0 saturated carbocycles. The highest BCUT2D eigenvalue weighted by molar-refractivity contribution is 7.89. The molecule has 120 valence electrons. The van der Waals surface area contributed by atoms with Crippen LogP contribution in [0.5, 0.6) is 0 Å². The Bertz CT molecular complexity index is 558. The van der Waals surface area contributed by atoms with Gasteiger partial charge < -0.3 is 4.90 Å². The molecule has 0 atom stereocenters. The van der Waals surface area contributed by atoms with E-state index in [4.69, 9.17) is 0 Å². The molecule has 0 N–H and O–H groups in total. The normalized spacial score (nSPS) is 17.7. The van der Waals surface area contributed by atoms with Gasteiger partial charge in [-0.1, -0.05) is 19.9 Å². The van der Waals surface area contributed by atoms with Crippen molar-refractivity contribution in [2.45, 2.75) is 18.7 Å². The Kier molecular flexibility index (Phi) is 6.59. The number of sulfonamides is 1. The average Bonchev–Trinajstić information content (AvgIpc) is 2.38. The summed E-state index contributed by atoms with van der Waals surface area (Å²) in [6, 6.07) is 5.20. The standard InChI is InChI=1S/C14H21FN2O2S.ClH/c1-12(2)11-16-6-8-17(9-7-16)20(18,19)14-5-3-4-13(15)10-14;/h3-5,10,12H,6-9,11H2,1-2H3;1H. The van der Waals surface area contributed by atoms with Crippen LogP contribution in [0, 0.1) is 11.7 Å². The van der Waals surface area contributed by atoms with Crippen LogP contribution in [0.15, 0.2) is 29.2 Å². The number of rotatable bonds is 4. The minimum atomic E-state index is -3.57. The van der Waals surface area contributed by atoms with Gasteiger partial charge >= 0.3 is 0 Å². The van der Waals surface area contributed by atoms with Crippen LogP contribution in [-0.4, -0.2) is 50.3 Å². The summed E-state index contributed by atoms with van der Waals surface area (Å²) in [5.74, 6) is 0.0471. The van der Waals surface area contributed by atoms with Gasteiger partial charge in [-0.15, -0.1) is 12.4 Å². The summed E-state index contributed by atoms with van der Waals surface area (Å²) < 4.78 is 39.4. The zero-order valence-corrected chi connectivity index (χ0v) is 14.0. The molecule has 0 spiro atoms. The predicted molar refractivity (Wildman–Crippen MR) is 83.7 cm³/mol. The van der Waals surface area contributed by atoms with Crippen LogP contribution in [0.1, 0.15) is 13.8 Å². The highest BCUT2D eigenvalue weighted by atomic mass is 35.5. The second kappa shape index (κ2) is 7.54. The molecule has 0 unspecified atom stereocenters. The third-order valence-corrected chi connectivity index (χ3v) is 5.28. The highest BCUT2D eigenvalue weighted by Crippen LogP contribution is 2.18. The number of hydrogen-bond donors (Lipinski definition) is 0. The smallest absolute Gasteiger partial charge is 0.243 e. The van der Waals surface area contributed by atoms with Gasteiger partial charge in [-0.2, -0.15) is 4.31 Å². The quantitative estimate of drug-likeness (QED) is 0.846. The monoisotopic (exact) mass is 336 g/mol. The maximum absolute atomic E-state index is 13.2. The van der Waals surface area contributed by atoms with E-state index in [-0.39, 0.29) is 17.3 Å². The molecule has 4 nitrogen and oxygen atoms in total. The van der Waals surface area contributed by atoms with Crippen LogP contribution >= 0.6 is 12.4 Å². The summed E-state index contributed by atoms with van der Waals surface area (Å²) in [6.07, 6.45) is 0. The molecule has 1 aromatic carbocycles. The molecule has 0 bridgehead atoms. The molecule has 1 saturated heterocycles. The summed E-state index contributed by atoms with van der Waals surface area (Å²) in [5, 5.41) is 0. The minimum Gasteiger partial charge on any atom is -0.300 e. The van der Waals surface area contributed by atoms with E-state index in [9.17, 15) is 12.8 Å². The van der Waals surface area contributed by atoms with Gasteiger partial charge in [0.15, 0.2) is 0 Å². The molecule has 1 heterocycles. The first-order valence-corrected chi connectivity index (χ1v) is 8.31. The summed E-state index contributed by atoms with van der Waals surface area (Å²) in [5.41, 5.74) is 0. The van der Waals surface area contributed by atoms with Crippen LogP contribution in [0.4, 0.5) is 4.39 Å². The Balaban J connectivity index is 0.00000220. The van der Waals surface area contributed by atoms with Gasteiger partial charge in [0.1, 0.15) is 5.82 Å². The fraction of sp³-hybridized carbons (Fsp3) is 0.571. The lowest BCUT2D eigenvalue weighted by molar-refractivity contribution is 0.172. The van der Waals surface area contributed by atoms with Crippen LogP contribution < -0.4 is 0 Å². The SMILES string of the molecule is CC(C)CN1CCN(S(=O)(=O)c2cccc(F)c2)CC1.Cl. The first kappa shape index (κ1) is 18.4. The predicted octanol–water partition coefficient (Wildman–Crippen LogP) is 2.21. The largest absolute Gasteiger partial charge is 0.300 e. The van der Waals surface area contributed by atoms with Crippen molar-refractivity contribution in [2.75, 3.05) is 32.7 Å². The third kappa shape index (κ3) is 4.64. The third-order valence-electron chi connectivity index (χ3n) is 3.39. The van der Waals surface area contributed by atoms with E-state index in [1.807, 2.05) is 0 Å². The Morgan fingerprint density at radius 3 is 2.33 bits per heavy atom. The summed E-state index contributed by atoms with van der Waals surface area (Å²) in [4.78, 5) is 2.30. The Morgan fingerprint density at radius 2 is 1.81 bits per heavy atom. The van der Waals surface area contributed by atoms with Gasteiger partial charge in [-0.3, -0.25) is 0 Å². The molecule has 21 heavy (non-hydrogen) atoms. The van der Waals surface area contributed by atoms with Crippen molar-refractivity contribution in [1.29, 1.82) is 0 Å². The first-order chi connectivity index (χ1) is 9.39. The topological polar surface area (TPSA) is 40.6 Å². The molecular weight excluding hydrogens is 315 g/mol. The number of hydrogen-bond acceptors (Lipinski definition) is 3. The summed E-state index contributed by atoms with van der Waals surface area (Å²) >= 11 is 0. The maximum Gasteiger partial charge on any atom is 0.243 e. The van der Waals surface area contributed by atoms with E-state index in [2.05, 4.69) is 18.7 Å². The zero-order chi connectivity index (χ0) is 14.8.